The molecule has 0 saturated carbocycles. The second-order valence-corrected chi connectivity index (χ2v) is 7.85. The number of likely N-dealkylation sites (tertiary alicyclic amines) is 1. The number of nitrogens with zero attached hydrogens (tertiary/aromatic N) is 2. The summed E-state index contributed by atoms with van der Waals surface area (Å²) in [5.41, 5.74) is 0.649. The van der Waals surface area contributed by atoms with E-state index >= 15 is 0 Å². The van der Waals surface area contributed by atoms with Crippen molar-refractivity contribution in [3.05, 3.63) is 46.7 Å². The first-order valence-electron chi connectivity index (χ1n) is 8.16. The van der Waals surface area contributed by atoms with Gasteiger partial charge in [0.15, 0.2) is 5.13 Å². The van der Waals surface area contributed by atoms with Crippen LogP contribution >= 0.6 is 11.3 Å². The molecular weight excluding hydrogens is 341 g/mol. The molecule has 5 nitrogen and oxygen atoms in total. The minimum atomic E-state index is -0.477. The number of aromatic nitrogens is 1. The number of halogens is 1. The normalized spacial score (nSPS) is 16.5. The first kappa shape index (κ1) is 17.5. The number of nitrogens with one attached hydrogen (secondary N) is 1. The lowest BCUT2D eigenvalue weighted by Gasteiger charge is -2.37. The molecule has 0 bridgehead atoms. The molecule has 1 saturated heterocycles. The molecule has 1 aliphatic heterocycles. The predicted octanol–water partition coefficient (Wildman–Crippen LogP) is 3.80. The number of amides is 2. The molecule has 0 atom stereocenters. The van der Waals surface area contributed by atoms with Crippen molar-refractivity contribution in [3.8, 4) is 0 Å². The summed E-state index contributed by atoms with van der Waals surface area (Å²) >= 11 is 1.18. The first-order valence-corrected chi connectivity index (χ1v) is 9.04. The van der Waals surface area contributed by atoms with E-state index in [1.807, 2.05) is 4.90 Å². The SMILES string of the molecule is CC1(C)CCCN(C(=O)c2csc(NC(=O)c3cccc(F)c3)n2)C1. The van der Waals surface area contributed by atoms with Crippen molar-refractivity contribution in [2.75, 3.05) is 18.4 Å². The van der Waals surface area contributed by atoms with E-state index in [1.165, 1.54) is 29.5 Å². The number of rotatable bonds is 3. The van der Waals surface area contributed by atoms with E-state index in [2.05, 4.69) is 24.1 Å². The van der Waals surface area contributed by atoms with Crippen LogP contribution in [0.5, 0.6) is 0 Å². The molecular formula is C18H20FN3O2S. The van der Waals surface area contributed by atoms with Crippen LogP contribution in [0, 0.1) is 11.2 Å². The molecule has 2 amide bonds. The van der Waals surface area contributed by atoms with Gasteiger partial charge in [0, 0.05) is 24.0 Å². The van der Waals surface area contributed by atoms with Gasteiger partial charge in [0.1, 0.15) is 11.5 Å². The van der Waals surface area contributed by atoms with Crippen molar-refractivity contribution in [2.24, 2.45) is 5.41 Å². The zero-order chi connectivity index (χ0) is 18.0. The summed E-state index contributed by atoms with van der Waals surface area (Å²) in [5.74, 6) is -1.04. The van der Waals surface area contributed by atoms with E-state index in [-0.39, 0.29) is 16.9 Å². The van der Waals surface area contributed by atoms with E-state index in [1.54, 1.807) is 5.38 Å². The fraction of sp³-hybridized carbons (Fsp3) is 0.389. The van der Waals surface area contributed by atoms with Crippen LogP contribution < -0.4 is 5.32 Å². The highest BCUT2D eigenvalue weighted by Gasteiger charge is 2.30. The zero-order valence-corrected chi connectivity index (χ0v) is 15.0. The minimum absolute atomic E-state index is 0.109. The summed E-state index contributed by atoms with van der Waals surface area (Å²) in [6, 6.07) is 5.43. The Morgan fingerprint density at radius 3 is 2.88 bits per heavy atom. The van der Waals surface area contributed by atoms with Gasteiger partial charge in [0.05, 0.1) is 0 Å². The maximum absolute atomic E-state index is 13.2. The lowest BCUT2D eigenvalue weighted by molar-refractivity contribution is 0.0578. The molecule has 1 aliphatic rings. The molecule has 25 heavy (non-hydrogen) atoms. The van der Waals surface area contributed by atoms with E-state index in [4.69, 9.17) is 0 Å². The molecule has 0 aliphatic carbocycles. The van der Waals surface area contributed by atoms with Crippen molar-refractivity contribution >= 4 is 28.3 Å². The number of hydrogen-bond acceptors (Lipinski definition) is 4. The van der Waals surface area contributed by atoms with E-state index in [9.17, 15) is 14.0 Å². The third-order valence-electron chi connectivity index (χ3n) is 4.22. The molecule has 1 N–H and O–H groups in total. The molecule has 7 heteroatoms. The maximum Gasteiger partial charge on any atom is 0.273 e. The first-order chi connectivity index (χ1) is 11.8. The average molecular weight is 361 g/mol. The molecule has 2 aromatic rings. The smallest absolute Gasteiger partial charge is 0.273 e. The number of thiazole rings is 1. The molecule has 0 spiro atoms. The highest BCUT2D eigenvalue weighted by Crippen LogP contribution is 2.29. The second kappa shape index (κ2) is 6.92. The standard InChI is InChI=1S/C18H20FN3O2S/c1-18(2)7-4-8-22(11-18)16(24)14-10-25-17(20-14)21-15(23)12-5-3-6-13(19)9-12/h3,5-6,9-10H,4,7-8,11H2,1-2H3,(H,20,21,23). The number of hydrogen-bond donors (Lipinski definition) is 1. The zero-order valence-electron chi connectivity index (χ0n) is 14.2. The number of anilines is 1. The van der Waals surface area contributed by atoms with Crippen molar-refractivity contribution in [2.45, 2.75) is 26.7 Å². The number of carbonyl (C=O) groups is 2. The van der Waals surface area contributed by atoms with E-state index in [0.717, 1.165) is 25.5 Å². The molecule has 0 unspecified atom stereocenters. The Bertz CT molecular complexity index is 803. The van der Waals surface area contributed by atoms with Gasteiger partial charge >= 0.3 is 0 Å². The Labute approximate surface area is 149 Å². The van der Waals surface area contributed by atoms with Crippen LogP contribution in [-0.4, -0.2) is 34.8 Å². The number of carbonyl (C=O) groups excluding carboxylic acids is 2. The van der Waals surface area contributed by atoms with Crippen LogP contribution in [0.4, 0.5) is 9.52 Å². The summed E-state index contributed by atoms with van der Waals surface area (Å²) in [6.45, 7) is 5.73. The third-order valence-corrected chi connectivity index (χ3v) is 4.98. The maximum atomic E-state index is 13.2. The average Bonchev–Trinajstić information content (AvgIpc) is 3.01. The Morgan fingerprint density at radius 1 is 1.36 bits per heavy atom. The van der Waals surface area contributed by atoms with Gasteiger partial charge in [-0.2, -0.15) is 0 Å². The third kappa shape index (κ3) is 4.22. The fourth-order valence-corrected chi connectivity index (χ4v) is 3.67. The van der Waals surface area contributed by atoms with Gasteiger partial charge in [0.2, 0.25) is 0 Å². The highest BCUT2D eigenvalue weighted by molar-refractivity contribution is 7.14. The van der Waals surface area contributed by atoms with E-state index in [0.29, 0.717) is 17.4 Å². The molecule has 1 aromatic heterocycles. The predicted molar refractivity (Wildman–Crippen MR) is 95.4 cm³/mol. The molecule has 0 radical (unpaired) electrons. The topological polar surface area (TPSA) is 62.3 Å². The van der Waals surface area contributed by atoms with Crippen molar-refractivity contribution in [1.29, 1.82) is 0 Å². The lowest BCUT2D eigenvalue weighted by Crippen LogP contribution is -2.43. The van der Waals surface area contributed by atoms with Crippen molar-refractivity contribution < 1.29 is 14.0 Å². The molecule has 2 heterocycles. The summed E-state index contributed by atoms with van der Waals surface area (Å²) in [6.07, 6.45) is 2.08. The van der Waals surface area contributed by atoms with Crippen LogP contribution in [0.1, 0.15) is 47.5 Å². The van der Waals surface area contributed by atoms with Gasteiger partial charge in [-0.25, -0.2) is 9.37 Å². The van der Waals surface area contributed by atoms with Crippen LogP contribution in [0.2, 0.25) is 0 Å². The Hall–Kier alpha value is -2.28. The van der Waals surface area contributed by atoms with Gasteiger partial charge in [0.25, 0.3) is 11.8 Å². The van der Waals surface area contributed by atoms with Crippen LogP contribution in [0.15, 0.2) is 29.6 Å². The Kier molecular flexibility index (Phi) is 4.85. The monoisotopic (exact) mass is 361 g/mol. The lowest BCUT2D eigenvalue weighted by atomic mass is 9.84. The summed E-state index contributed by atoms with van der Waals surface area (Å²) in [7, 11) is 0. The summed E-state index contributed by atoms with van der Waals surface area (Å²) < 4.78 is 13.2. The summed E-state index contributed by atoms with van der Waals surface area (Å²) in [5, 5.41) is 4.58. The van der Waals surface area contributed by atoms with Gasteiger partial charge in [-0.05, 0) is 36.5 Å². The molecule has 1 fully saturated rings. The largest absolute Gasteiger partial charge is 0.337 e. The number of benzene rings is 1. The second-order valence-electron chi connectivity index (χ2n) is 7.00. The fourth-order valence-electron chi connectivity index (χ4n) is 2.99. The van der Waals surface area contributed by atoms with Crippen molar-refractivity contribution in [1.82, 2.24) is 9.88 Å². The molecule has 132 valence electrons. The molecule has 1 aromatic carbocycles. The van der Waals surface area contributed by atoms with E-state index < -0.39 is 11.7 Å². The van der Waals surface area contributed by atoms with Gasteiger partial charge in [-0.3, -0.25) is 14.9 Å². The number of piperidine rings is 1. The van der Waals surface area contributed by atoms with Crippen LogP contribution in [0.3, 0.4) is 0 Å². The van der Waals surface area contributed by atoms with Gasteiger partial charge < -0.3 is 4.90 Å². The Morgan fingerprint density at radius 2 is 2.16 bits per heavy atom. The summed E-state index contributed by atoms with van der Waals surface area (Å²) in [4.78, 5) is 30.8. The van der Waals surface area contributed by atoms with Crippen LogP contribution in [-0.2, 0) is 0 Å². The Balaban J connectivity index is 1.68. The van der Waals surface area contributed by atoms with Gasteiger partial charge in [-0.1, -0.05) is 19.9 Å². The van der Waals surface area contributed by atoms with Gasteiger partial charge in [-0.15, -0.1) is 11.3 Å². The minimum Gasteiger partial charge on any atom is -0.337 e. The van der Waals surface area contributed by atoms with Crippen LogP contribution in [0.25, 0.3) is 0 Å². The highest BCUT2D eigenvalue weighted by atomic mass is 32.1. The quantitative estimate of drug-likeness (QED) is 0.904. The van der Waals surface area contributed by atoms with Crippen molar-refractivity contribution in [3.63, 3.8) is 0 Å². The molecule has 3 rings (SSSR count).